The van der Waals surface area contributed by atoms with Crippen LogP contribution in [0.3, 0.4) is 0 Å². The summed E-state index contributed by atoms with van der Waals surface area (Å²) in [7, 11) is 0. The molecule has 0 spiro atoms. The molecular weight excluding hydrogens is 399 g/mol. The predicted octanol–water partition coefficient (Wildman–Crippen LogP) is 5.84. The first-order valence-corrected chi connectivity index (χ1v) is 7.30. The first kappa shape index (κ1) is 15.4. The summed E-state index contributed by atoms with van der Waals surface area (Å²) in [6, 6.07) is 11.7. The summed E-state index contributed by atoms with van der Waals surface area (Å²) in [5, 5.41) is 2.98. The molecule has 0 aliphatic carbocycles. The van der Waals surface area contributed by atoms with E-state index in [9.17, 15) is 13.2 Å². The number of halogens is 5. The Morgan fingerprint density at radius 3 is 2.20 bits per heavy atom. The SMILES string of the molecule is FC(F)(F)c1cc(NCc2ccc(Br)cc2)ccc1Br. The molecule has 0 fully saturated rings. The van der Waals surface area contributed by atoms with Gasteiger partial charge in [-0.15, -0.1) is 0 Å². The minimum atomic E-state index is -4.37. The Balaban J connectivity index is 2.12. The number of hydrogen-bond donors (Lipinski definition) is 1. The summed E-state index contributed by atoms with van der Waals surface area (Å²) < 4.78 is 39.3. The van der Waals surface area contributed by atoms with Crippen LogP contribution in [0, 0.1) is 0 Å². The predicted molar refractivity (Wildman–Crippen MR) is 80.6 cm³/mol. The van der Waals surface area contributed by atoms with Crippen molar-refractivity contribution in [3.63, 3.8) is 0 Å². The molecule has 0 saturated heterocycles. The standard InChI is InChI=1S/C14H10Br2F3N/c15-10-3-1-9(2-4-10)8-20-11-5-6-13(16)12(7-11)14(17,18)19/h1-7,20H,8H2. The monoisotopic (exact) mass is 407 g/mol. The maximum atomic E-state index is 12.8. The highest BCUT2D eigenvalue weighted by Crippen LogP contribution is 2.36. The molecule has 0 saturated carbocycles. The molecule has 0 radical (unpaired) electrons. The van der Waals surface area contributed by atoms with Crippen molar-refractivity contribution >= 4 is 37.5 Å². The van der Waals surface area contributed by atoms with Crippen LogP contribution in [0.25, 0.3) is 0 Å². The second-order valence-electron chi connectivity index (χ2n) is 4.17. The Hall–Kier alpha value is -1.01. The number of benzene rings is 2. The molecule has 6 heteroatoms. The molecule has 0 unspecified atom stereocenters. The Kier molecular flexibility index (Phi) is 4.75. The molecule has 0 aliphatic rings. The topological polar surface area (TPSA) is 12.0 Å². The van der Waals surface area contributed by atoms with E-state index in [1.54, 1.807) is 6.07 Å². The molecule has 20 heavy (non-hydrogen) atoms. The van der Waals surface area contributed by atoms with E-state index in [1.165, 1.54) is 6.07 Å². The molecule has 2 aromatic rings. The highest BCUT2D eigenvalue weighted by atomic mass is 79.9. The van der Waals surface area contributed by atoms with Gasteiger partial charge in [-0.3, -0.25) is 0 Å². The van der Waals surface area contributed by atoms with Crippen LogP contribution in [-0.2, 0) is 12.7 Å². The van der Waals surface area contributed by atoms with Crippen molar-refractivity contribution in [3.05, 3.63) is 62.5 Å². The van der Waals surface area contributed by atoms with E-state index in [0.29, 0.717) is 12.2 Å². The van der Waals surface area contributed by atoms with Gasteiger partial charge in [-0.2, -0.15) is 13.2 Å². The van der Waals surface area contributed by atoms with Gasteiger partial charge in [0.25, 0.3) is 0 Å². The van der Waals surface area contributed by atoms with Gasteiger partial charge < -0.3 is 5.32 Å². The zero-order chi connectivity index (χ0) is 14.8. The minimum Gasteiger partial charge on any atom is -0.381 e. The van der Waals surface area contributed by atoms with E-state index in [-0.39, 0.29) is 4.47 Å². The summed E-state index contributed by atoms with van der Waals surface area (Å²) >= 11 is 6.25. The van der Waals surface area contributed by atoms with Crippen molar-refractivity contribution in [1.82, 2.24) is 0 Å². The molecular formula is C14H10Br2F3N. The first-order valence-electron chi connectivity index (χ1n) is 5.71. The van der Waals surface area contributed by atoms with Crippen LogP contribution in [0.5, 0.6) is 0 Å². The summed E-state index contributed by atoms with van der Waals surface area (Å²) in [5.74, 6) is 0. The van der Waals surface area contributed by atoms with E-state index in [2.05, 4.69) is 37.2 Å². The molecule has 0 aromatic heterocycles. The van der Waals surface area contributed by atoms with Crippen LogP contribution in [0.2, 0.25) is 0 Å². The molecule has 0 amide bonds. The molecule has 2 rings (SSSR count). The molecule has 1 N–H and O–H groups in total. The van der Waals surface area contributed by atoms with Gasteiger partial charge in [0.15, 0.2) is 0 Å². The van der Waals surface area contributed by atoms with Crippen molar-refractivity contribution in [2.75, 3.05) is 5.32 Å². The molecule has 1 nitrogen and oxygen atoms in total. The second kappa shape index (κ2) is 6.18. The average molecular weight is 409 g/mol. The lowest BCUT2D eigenvalue weighted by Crippen LogP contribution is -2.07. The fraction of sp³-hybridized carbons (Fsp3) is 0.143. The number of alkyl halides is 3. The number of anilines is 1. The van der Waals surface area contributed by atoms with E-state index in [0.717, 1.165) is 16.1 Å². The fourth-order valence-corrected chi connectivity index (χ4v) is 2.39. The summed E-state index contributed by atoms with van der Waals surface area (Å²) in [5.41, 5.74) is 0.742. The van der Waals surface area contributed by atoms with Crippen molar-refractivity contribution in [2.24, 2.45) is 0 Å². The Morgan fingerprint density at radius 1 is 0.950 bits per heavy atom. The van der Waals surface area contributed by atoms with Gasteiger partial charge in [0.05, 0.1) is 5.56 Å². The van der Waals surface area contributed by atoms with Gasteiger partial charge >= 0.3 is 6.18 Å². The zero-order valence-electron chi connectivity index (χ0n) is 10.1. The molecule has 0 atom stereocenters. The maximum absolute atomic E-state index is 12.8. The van der Waals surface area contributed by atoms with E-state index in [4.69, 9.17) is 0 Å². The van der Waals surface area contributed by atoms with Gasteiger partial charge in [-0.25, -0.2) is 0 Å². The van der Waals surface area contributed by atoms with Crippen LogP contribution >= 0.6 is 31.9 Å². The third-order valence-electron chi connectivity index (χ3n) is 2.68. The van der Waals surface area contributed by atoms with Crippen molar-refractivity contribution < 1.29 is 13.2 Å². The number of hydrogen-bond acceptors (Lipinski definition) is 1. The zero-order valence-corrected chi connectivity index (χ0v) is 13.3. The van der Waals surface area contributed by atoms with E-state index in [1.807, 2.05) is 24.3 Å². The molecule has 0 heterocycles. The molecule has 2 aromatic carbocycles. The van der Waals surface area contributed by atoms with Crippen LogP contribution in [-0.4, -0.2) is 0 Å². The molecule has 0 aliphatic heterocycles. The lowest BCUT2D eigenvalue weighted by atomic mass is 10.2. The Labute approximate surface area is 131 Å². The number of rotatable bonds is 3. The second-order valence-corrected chi connectivity index (χ2v) is 5.94. The van der Waals surface area contributed by atoms with Crippen molar-refractivity contribution in [2.45, 2.75) is 12.7 Å². The Morgan fingerprint density at radius 2 is 1.60 bits per heavy atom. The first-order chi connectivity index (χ1) is 9.36. The fourth-order valence-electron chi connectivity index (χ4n) is 1.66. The van der Waals surface area contributed by atoms with Crippen molar-refractivity contribution in [3.8, 4) is 0 Å². The quantitative estimate of drug-likeness (QED) is 0.672. The Bertz CT molecular complexity index is 594. The van der Waals surface area contributed by atoms with E-state index >= 15 is 0 Å². The smallest absolute Gasteiger partial charge is 0.381 e. The van der Waals surface area contributed by atoms with Gasteiger partial charge in [0.2, 0.25) is 0 Å². The average Bonchev–Trinajstić information content (AvgIpc) is 2.38. The summed E-state index contributed by atoms with van der Waals surface area (Å²) in [4.78, 5) is 0. The van der Waals surface area contributed by atoms with Crippen LogP contribution in [0.1, 0.15) is 11.1 Å². The third-order valence-corrected chi connectivity index (χ3v) is 3.90. The summed E-state index contributed by atoms with van der Waals surface area (Å²) in [6.45, 7) is 0.464. The van der Waals surface area contributed by atoms with Gasteiger partial charge in [0.1, 0.15) is 0 Å². The lowest BCUT2D eigenvalue weighted by Gasteiger charge is -2.12. The lowest BCUT2D eigenvalue weighted by molar-refractivity contribution is -0.138. The van der Waals surface area contributed by atoms with Crippen molar-refractivity contribution in [1.29, 1.82) is 0 Å². The van der Waals surface area contributed by atoms with Gasteiger partial charge in [-0.05, 0) is 35.9 Å². The summed E-state index contributed by atoms with van der Waals surface area (Å²) in [6.07, 6.45) is -4.37. The maximum Gasteiger partial charge on any atom is 0.417 e. The minimum absolute atomic E-state index is 0.0409. The van der Waals surface area contributed by atoms with Gasteiger partial charge in [0, 0.05) is 21.2 Å². The van der Waals surface area contributed by atoms with E-state index < -0.39 is 11.7 Å². The van der Waals surface area contributed by atoms with Crippen LogP contribution < -0.4 is 5.32 Å². The molecule has 106 valence electrons. The molecule has 0 bridgehead atoms. The number of nitrogens with one attached hydrogen (secondary N) is 1. The third kappa shape index (κ3) is 3.99. The van der Waals surface area contributed by atoms with Crippen LogP contribution in [0.15, 0.2) is 51.4 Å². The normalized spacial score (nSPS) is 11.4. The van der Waals surface area contributed by atoms with Crippen LogP contribution in [0.4, 0.5) is 18.9 Å². The largest absolute Gasteiger partial charge is 0.417 e. The van der Waals surface area contributed by atoms with Gasteiger partial charge in [-0.1, -0.05) is 44.0 Å². The highest BCUT2D eigenvalue weighted by Gasteiger charge is 2.33. The highest BCUT2D eigenvalue weighted by molar-refractivity contribution is 9.10.